The van der Waals surface area contributed by atoms with Crippen LogP contribution in [-0.2, 0) is 14.8 Å². The predicted octanol–water partition coefficient (Wildman–Crippen LogP) is 0.749. The number of nitrogens with two attached hydrogens (primary N) is 1. The Labute approximate surface area is 107 Å². The average Bonchev–Trinajstić information content (AvgIpc) is 2.38. The number of hydrogen-bond acceptors (Lipinski definition) is 4. The molecule has 5 nitrogen and oxygen atoms in total. The molecule has 1 heterocycles. The van der Waals surface area contributed by atoms with Crippen LogP contribution in [0.1, 0.15) is 12.8 Å². The highest BCUT2D eigenvalue weighted by molar-refractivity contribution is 7.89. The fourth-order valence-corrected chi connectivity index (χ4v) is 2.72. The highest BCUT2D eigenvalue weighted by Gasteiger charge is 2.19. The molecule has 6 heteroatoms. The summed E-state index contributed by atoms with van der Waals surface area (Å²) in [5.74, 6) is 0.0664. The summed E-state index contributed by atoms with van der Waals surface area (Å²) in [6.07, 6.45) is 2.89. The summed E-state index contributed by atoms with van der Waals surface area (Å²) in [6, 6.07) is 6.45. The number of benzene rings is 1. The number of sulfonamides is 1. The molecule has 1 saturated heterocycles. The molecule has 18 heavy (non-hydrogen) atoms. The standard InChI is InChI=1S/C12H16N2O3S/c13-18(16,17)12-5-3-11(4-6-12)14-7-1-2-10(8-14)9-15/h3-6,9-10H,1-2,7-8H2,(H2,13,16,17). The third kappa shape index (κ3) is 2.88. The zero-order chi connectivity index (χ0) is 13.2. The Morgan fingerprint density at radius 2 is 1.94 bits per heavy atom. The van der Waals surface area contributed by atoms with Gasteiger partial charge in [-0.1, -0.05) is 0 Å². The lowest BCUT2D eigenvalue weighted by atomic mass is 9.99. The van der Waals surface area contributed by atoms with Gasteiger partial charge < -0.3 is 9.69 Å². The van der Waals surface area contributed by atoms with Gasteiger partial charge in [-0.05, 0) is 37.1 Å². The van der Waals surface area contributed by atoms with Gasteiger partial charge in [-0.2, -0.15) is 0 Å². The van der Waals surface area contributed by atoms with E-state index in [0.717, 1.165) is 31.4 Å². The van der Waals surface area contributed by atoms with E-state index in [4.69, 9.17) is 5.14 Å². The number of primary sulfonamides is 1. The fraction of sp³-hybridized carbons (Fsp3) is 0.417. The molecule has 1 fully saturated rings. The van der Waals surface area contributed by atoms with Crippen LogP contribution in [0.5, 0.6) is 0 Å². The highest BCUT2D eigenvalue weighted by Crippen LogP contribution is 2.23. The van der Waals surface area contributed by atoms with Crippen molar-refractivity contribution in [3.8, 4) is 0 Å². The Morgan fingerprint density at radius 1 is 1.28 bits per heavy atom. The summed E-state index contributed by atoms with van der Waals surface area (Å²) in [5, 5.41) is 5.04. The number of anilines is 1. The summed E-state index contributed by atoms with van der Waals surface area (Å²) in [7, 11) is -3.64. The summed E-state index contributed by atoms with van der Waals surface area (Å²) in [6.45, 7) is 1.58. The first-order valence-electron chi connectivity index (χ1n) is 5.84. The predicted molar refractivity (Wildman–Crippen MR) is 68.8 cm³/mol. The zero-order valence-electron chi connectivity index (χ0n) is 9.95. The van der Waals surface area contributed by atoms with Crippen molar-refractivity contribution in [1.29, 1.82) is 0 Å². The van der Waals surface area contributed by atoms with Crippen LogP contribution in [0.2, 0.25) is 0 Å². The molecule has 0 aromatic heterocycles. The van der Waals surface area contributed by atoms with Gasteiger partial charge in [0.1, 0.15) is 6.29 Å². The lowest BCUT2D eigenvalue weighted by molar-refractivity contribution is -0.111. The average molecular weight is 268 g/mol. The van der Waals surface area contributed by atoms with Gasteiger partial charge >= 0.3 is 0 Å². The quantitative estimate of drug-likeness (QED) is 0.820. The van der Waals surface area contributed by atoms with Crippen molar-refractivity contribution in [3.63, 3.8) is 0 Å². The van der Waals surface area contributed by atoms with Crippen LogP contribution >= 0.6 is 0 Å². The number of carbonyl (C=O) groups is 1. The van der Waals surface area contributed by atoms with Gasteiger partial charge in [0.05, 0.1) is 4.90 Å². The van der Waals surface area contributed by atoms with E-state index in [0.29, 0.717) is 6.54 Å². The Kier molecular flexibility index (Phi) is 3.68. The van der Waals surface area contributed by atoms with E-state index in [1.807, 2.05) is 0 Å². The summed E-state index contributed by atoms with van der Waals surface area (Å²) in [5.41, 5.74) is 0.925. The van der Waals surface area contributed by atoms with Crippen molar-refractivity contribution in [3.05, 3.63) is 24.3 Å². The van der Waals surface area contributed by atoms with Gasteiger partial charge in [-0.15, -0.1) is 0 Å². The fourth-order valence-electron chi connectivity index (χ4n) is 2.20. The van der Waals surface area contributed by atoms with E-state index in [1.165, 1.54) is 12.1 Å². The molecule has 1 aliphatic heterocycles. The minimum atomic E-state index is -3.64. The van der Waals surface area contributed by atoms with E-state index in [1.54, 1.807) is 12.1 Å². The van der Waals surface area contributed by atoms with Crippen LogP contribution in [0, 0.1) is 5.92 Å². The number of piperidine rings is 1. The molecule has 0 bridgehead atoms. The molecule has 1 atom stereocenters. The summed E-state index contributed by atoms with van der Waals surface area (Å²) >= 11 is 0. The number of rotatable bonds is 3. The van der Waals surface area contributed by atoms with Crippen molar-refractivity contribution in [2.75, 3.05) is 18.0 Å². The van der Waals surface area contributed by atoms with Crippen LogP contribution in [0.3, 0.4) is 0 Å². The molecule has 2 rings (SSSR count). The Bertz CT molecular complexity index is 525. The second-order valence-electron chi connectivity index (χ2n) is 4.52. The van der Waals surface area contributed by atoms with E-state index in [2.05, 4.69) is 4.90 Å². The first kappa shape index (κ1) is 13.0. The topological polar surface area (TPSA) is 80.5 Å². The van der Waals surface area contributed by atoms with Crippen LogP contribution in [0.15, 0.2) is 29.2 Å². The molecule has 98 valence electrons. The van der Waals surface area contributed by atoms with Crippen molar-refractivity contribution < 1.29 is 13.2 Å². The van der Waals surface area contributed by atoms with Crippen LogP contribution in [0.4, 0.5) is 5.69 Å². The number of nitrogens with zero attached hydrogens (tertiary/aromatic N) is 1. The van der Waals surface area contributed by atoms with E-state index in [9.17, 15) is 13.2 Å². The zero-order valence-corrected chi connectivity index (χ0v) is 10.8. The van der Waals surface area contributed by atoms with Gasteiger partial charge in [0.25, 0.3) is 0 Å². The van der Waals surface area contributed by atoms with Crippen LogP contribution in [0.25, 0.3) is 0 Å². The lowest BCUT2D eigenvalue weighted by Crippen LogP contribution is -2.35. The molecule has 1 aromatic carbocycles. The largest absolute Gasteiger partial charge is 0.371 e. The van der Waals surface area contributed by atoms with E-state index >= 15 is 0 Å². The minimum absolute atomic E-state index is 0.0664. The van der Waals surface area contributed by atoms with Crippen molar-refractivity contribution >= 4 is 22.0 Å². The van der Waals surface area contributed by atoms with Crippen LogP contribution in [-0.4, -0.2) is 27.8 Å². The molecule has 1 aromatic rings. The molecule has 2 N–H and O–H groups in total. The SMILES string of the molecule is NS(=O)(=O)c1ccc(N2CCCC(C=O)C2)cc1. The Morgan fingerprint density at radius 3 is 2.50 bits per heavy atom. The second kappa shape index (κ2) is 5.07. The molecule has 1 aliphatic rings. The molecule has 0 saturated carbocycles. The number of aldehydes is 1. The molecular formula is C12H16N2O3S. The van der Waals surface area contributed by atoms with Crippen LogP contribution < -0.4 is 10.0 Å². The number of hydrogen-bond donors (Lipinski definition) is 1. The second-order valence-corrected chi connectivity index (χ2v) is 6.08. The van der Waals surface area contributed by atoms with E-state index in [-0.39, 0.29) is 10.8 Å². The van der Waals surface area contributed by atoms with Crippen molar-refractivity contribution in [1.82, 2.24) is 0 Å². The summed E-state index contributed by atoms with van der Waals surface area (Å²) < 4.78 is 22.3. The van der Waals surface area contributed by atoms with Gasteiger partial charge in [-0.25, -0.2) is 13.6 Å². The van der Waals surface area contributed by atoms with E-state index < -0.39 is 10.0 Å². The van der Waals surface area contributed by atoms with Gasteiger partial charge in [0.2, 0.25) is 10.0 Å². The number of carbonyl (C=O) groups excluding carboxylic acids is 1. The third-order valence-electron chi connectivity index (χ3n) is 3.18. The molecular weight excluding hydrogens is 252 g/mol. The molecule has 1 unspecified atom stereocenters. The first-order valence-corrected chi connectivity index (χ1v) is 7.38. The third-order valence-corrected chi connectivity index (χ3v) is 4.11. The van der Waals surface area contributed by atoms with Gasteiger partial charge in [0, 0.05) is 24.7 Å². The smallest absolute Gasteiger partial charge is 0.238 e. The maximum atomic E-state index is 11.1. The maximum absolute atomic E-state index is 11.1. The van der Waals surface area contributed by atoms with Gasteiger partial charge in [0.15, 0.2) is 0 Å². The maximum Gasteiger partial charge on any atom is 0.238 e. The molecule has 0 amide bonds. The minimum Gasteiger partial charge on any atom is -0.371 e. The molecule has 0 spiro atoms. The van der Waals surface area contributed by atoms with Gasteiger partial charge in [-0.3, -0.25) is 0 Å². The highest BCUT2D eigenvalue weighted by atomic mass is 32.2. The van der Waals surface area contributed by atoms with Crippen molar-refractivity contribution in [2.45, 2.75) is 17.7 Å². The monoisotopic (exact) mass is 268 g/mol. The van der Waals surface area contributed by atoms with Crippen molar-refractivity contribution in [2.24, 2.45) is 11.1 Å². The first-order chi connectivity index (χ1) is 8.50. The normalized spacial score (nSPS) is 20.7. The Balaban J connectivity index is 2.17. The lowest BCUT2D eigenvalue weighted by Gasteiger charge is -2.32. The molecule has 0 aliphatic carbocycles. The molecule has 0 radical (unpaired) electrons. The summed E-state index contributed by atoms with van der Waals surface area (Å²) in [4.78, 5) is 13.0. The Hall–Kier alpha value is -1.40.